The number of hydrogen-bond acceptors (Lipinski definition) is 6. The van der Waals surface area contributed by atoms with Gasteiger partial charge in [-0.3, -0.25) is 4.79 Å². The van der Waals surface area contributed by atoms with Crippen LogP contribution in [0.5, 0.6) is 17.2 Å². The molecule has 9 heteroatoms. The molecule has 0 spiro atoms. The number of hydrogen-bond donors (Lipinski definition) is 1. The minimum Gasteiger partial charge on any atom is -0.496 e. The van der Waals surface area contributed by atoms with Crippen LogP contribution in [0.3, 0.4) is 0 Å². The molecule has 0 radical (unpaired) electrons. The normalized spacial score (nSPS) is 11.7. The molecule has 0 aliphatic carbocycles. The number of rotatable bonds is 8. The molecule has 1 amide bonds. The molecule has 0 fully saturated rings. The highest BCUT2D eigenvalue weighted by molar-refractivity contribution is 6.44. The highest BCUT2D eigenvalue weighted by Crippen LogP contribution is 2.35. The molecule has 0 aliphatic rings. The largest absolute Gasteiger partial charge is 0.496 e. The van der Waals surface area contributed by atoms with E-state index in [0.29, 0.717) is 33.5 Å². The number of nitrogens with one attached hydrogen (secondary N) is 1. The summed E-state index contributed by atoms with van der Waals surface area (Å²) in [4.78, 5) is 24.4. The van der Waals surface area contributed by atoms with Crippen LogP contribution in [0.2, 0.25) is 10.0 Å². The zero-order chi connectivity index (χ0) is 22.3. The van der Waals surface area contributed by atoms with E-state index in [9.17, 15) is 9.59 Å². The smallest absolute Gasteiger partial charge is 0.331 e. The lowest BCUT2D eigenvalue weighted by molar-refractivity contribution is -0.148. The van der Waals surface area contributed by atoms with Crippen LogP contribution in [0.1, 0.15) is 12.5 Å². The van der Waals surface area contributed by atoms with Crippen LogP contribution in [0.15, 0.2) is 36.4 Å². The van der Waals surface area contributed by atoms with Crippen LogP contribution in [-0.4, -0.2) is 39.3 Å². The fourth-order valence-electron chi connectivity index (χ4n) is 2.44. The molecule has 7 nitrogen and oxygen atoms in total. The Morgan fingerprint density at radius 1 is 1.00 bits per heavy atom. The van der Waals surface area contributed by atoms with Gasteiger partial charge in [0, 0.05) is 17.7 Å². The predicted octanol–water partition coefficient (Wildman–Crippen LogP) is 4.60. The molecule has 1 atom stereocenters. The van der Waals surface area contributed by atoms with Crippen LogP contribution in [0, 0.1) is 0 Å². The number of anilines is 1. The minimum absolute atomic E-state index is 0.200. The molecule has 0 bridgehead atoms. The van der Waals surface area contributed by atoms with Crippen molar-refractivity contribution in [2.24, 2.45) is 0 Å². The highest BCUT2D eigenvalue weighted by Gasteiger charge is 2.18. The third-order valence-corrected chi connectivity index (χ3v) is 4.83. The second kappa shape index (κ2) is 10.8. The molecule has 1 unspecified atom stereocenters. The van der Waals surface area contributed by atoms with Crippen molar-refractivity contribution in [2.45, 2.75) is 13.0 Å². The Morgan fingerprint density at radius 2 is 1.63 bits per heavy atom. The van der Waals surface area contributed by atoms with Crippen molar-refractivity contribution in [3.05, 3.63) is 52.0 Å². The van der Waals surface area contributed by atoms with E-state index in [1.165, 1.54) is 40.4 Å². The number of halogens is 2. The van der Waals surface area contributed by atoms with E-state index >= 15 is 0 Å². The number of esters is 1. The maximum atomic E-state index is 12.3. The number of amides is 1. The maximum absolute atomic E-state index is 12.3. The lowest BCUT2D eigenvalue weighted by Gasteiger charge is -2.14. The molecular weight excluding hydrogens is 433 g/mol. The molecule has 0 aromatic heterocycles. The fourth-order valence-corrected chi connectivity index (χ4v) is 2.79. The van der Waals surface area contributed by atoms with Gasteiger partial charge in [-0.15, -0.1) is 0 Å². The highest BCUT2D eigenvalue weighted by atomic mass is 35.5. The van der Waals surface area contributed by atoms with Crippen molar-refractivity contribution >= 4 is 46.8 Å². The first kappa shape index (κ1) is 23.4. The number of carbonyl (C=O) groups is 2. The van der Waals surface area contributed by atoms with Crippen molar-refractivity contribution in [3.8, 4) is 17.2 Å². The Hall–Kier alpha value is -2.90. The first-order valence-corrected chi connectivity index (χ1v) is 9.49. The summed E-state index contributed by atoms with van der Waals surface area (Å²) in [5.41, 5.74) is 0.887. The average molecular weight is 454 g/mol. The van der Waals surface area contributed by atoms with Crippen molar-refractivity contribution in [1.29, 1.82) is 0 Å². The van der Waals surface area contributed by atoms with E-state index in [0.717, 1.165) is 0 Å². The molecule has 2 aromatic rings. The van der Waals surface area contributed by atoms with Gasteiger partial charge in [0.15, 0.2) is 17.6 Å². The number of ether oxygens (including phenoxy) is 4. The molecule has 0 saturated heterocycles. The Balaban J connectivity index is 2.06. The van der Waals surface area contributed by atoms with Crippen LogP contribution in [0.25, 0.3) is 6.08 Å². The Morgan fingerprint density at radius 3 is 2.27 bits per heavy atom. The van der Waals surface area contributed by atoms with Crippen molar-refractivity contribution in [1.82, 2.24) is 0 Å². The maximum Gasteiger partial charge on any atom is 0.331 e. The first-order chi connectivity index (χ1) is 14.3. The third-order valence-electron chi connectivity index (χ3n) is 4.01. The summed E-state index contributed by atoms with van der Waals surface area (Å²) in [6.07, 6.45) is 1.60. The summed E-state index contributed by atoms with van der Waals surface area (Å²) in [7, 11) is 4.50. The van der Waals surface area contributed by atoms with Crippen molar-refractivity contribution < 1.29 is 28.5 Å². The second-order valence-electron chi connectivity index (χ2n) is 5.95. The Kier molecular flexibility index (Phi) is 8.38. The summed E-state index contributed by atoms with van der Waals surface area (Å²) in [5, 5.41) is 3.07. The topological polar surface area (TPSA) is 83.1 Å². The van der Waals surface area contributed by atoms with Gasteiger partial charge in [-0.25, -0.2) is 4.79 Å². The van der Waals surface area contributed by atoms with Gasteiger partial charge in [0.25, 0.3) is 5.91 Å². The summed E-state index contributed by atoms with van der Waals surface area (Å²) >= 11 is 12.0. The quantitative estimate of drug-likeness (QED) is 0.464. The molecule has 2 rings (SSSR count). The van der Waals surface area contributed by atoms with Crippen LogP contribution in [0.4, 0.5) is 5.69 Å². The number of carbonyl (C=O) groups excluding carboxylic acids is 2. The van der Waals surface area contributed by atoms with E-state index in [4.69, 9.17) is 42.1 Å². The van der Waals surface area contributed by atoms with Gasteiger partial charge in [0.1, 0.15) is 5.75 Å². The molecule has 160 valence electrons. The van der Waals surface area contributed by atoms with Crippen molar-refractivity contribution in [2.75, 3.05) is 26.6 Å². The Bertz CT molecular complexity index is 961. The molecule has 30 heavy (non-hydrogen) atoms. The van der Waals surface area contributed by atoms with E-state index in [1.54, 1.807) is 30.3 Å². The monoisotopic (exact) mass is 453 g/mol. The molecule has 0 saturated carbocycles. The second-order valence-corrected chi connectivity index (χ2v) is 6.74. The molecule has 0 aliphatic heterocycles. The average Bonchev–Trinajstić information content (AvgIpc) is 2.74. The number of benzene rings is 2. The van der Waals surface area contributed by atoms with Gasteiger partial charge in [-0.05, 0) is 31.2 Å². The van der Waals surface area contributed by atoms with Gasteiger partial charge < -0.3 is 24.3 Å². The van der Waals surface area contributed by atoms with Gasteiger partial charge in [0.2, 0.25) is 0 Å². The predicted molar refractivity (Wildman–Crippen MR) is 116 cm³/mol. The van der Waals surface area contributed by atoms with Gasteiger partial charge in [-0.2, -0.15) is 0 Å². The SMILES string of the molecule is COc1cc(OC)c(OC)cc1/C=C/C(=O)OC(C)C(=O)Nc1cccc(Cl)c1Cl. The van der Waals surface area contributed by atoms with E-state index < -0.39 is 18.0 Å². The zero-order valence-corrected chi connectivity index (χ0v) is 18.3. The van der Waals surface area contributed by atoms with Crippen LogP contribution in [-0.2, 0) is 14.3 Å². The number of methoxy groups -OCH3 is 3. The molecule has 1 N–H and O–H groups in total. The summed E-state index contributed by atoms with van der Waals surface area (Å²) in [6.45, 7) is 1.44. The van der Waals surface area contributed by atoms with Crippen LogP contribution >= 0.6 is 23.2 Å². The third kappa shape index (κ3) is 5.81. The molecule has 2 aromatic carbocycles. The summed E-state index contributed by atoms with van der Waals surface area (Å²) in [5.74, 6) is 0.158. The zero-order valence-electron chi connectivity index (χ0n) is 16.8. The lowest BCUT2D eigenvalue weighted by atomic mass is 10.1. The van der Waals surface area contributed by atoms with E-state index in [-0.39, 0.29) is 5.02 Å². The van der Waals surface area contributed by atoms with Crippen LogP contribution < -0.4 is 19.5 Å². The standard InChI is InChI=1S/C21H21Cl2NO6/c1-12(21(26)24-15-7-5-6-14(22)20(15)23)30-19(25)9-8-13-10-17(28-3)18(29-4)11-16(13)27-2/h5-12H,1-4H3,(H,24,26)/b9-8+. The first-order valence-electron chi connectivity index (χ1n) is 8.74. The van der Waals surface area contributed by atoms with Gasteiger partial charge >= 0.3 is 5.97 Å². The lowest BCUT2D eigenvalue weighted by Crippen LogP contribution is -2.29. The summed E-state index contributed by atoms with van der Waals surface area (Å²) in [6, 6.07) is 8.10. The fraction of sp³-hybridized carbons (Fsp3) is 0.238. The van der Waals surface area contributed by atoms with Crippen molar-refractivity contribution in [3.63, 3.8) is 0 Å². The summed E-state index contributed by atoms with van der Waals surface area (Å²) < 4.78 is 20.9. The van der Waals surface area contributed by atoms with Gasteiger partial charge in [0.05, 0.1) is 37.1 Å². The molecule has 0 heterocycles. The van der Waals surface area contributed by atoms with E-state index in [2.05, 4.69) is 5.32 Å². The van der Waals surface area contributed by atoms with E-state index in [1.807, 2.05) is 0 Å². The minimum atomic E-state index is -1.07. The van der Waals surface area contributed by atoms with Gasteiger partial charge in [-0.1, -0.05) is 29.3 Å². The molecular formula is C21H21Cl2NO6. The Labute approximate surface area is 184 Å².